The number of H-pyrrole nitrogens is 1. The number of methoxy groups -OCH3 is 1. The molecule has 0 unspecified atom stereocenters. The van der Waals surface area contributed by atoms with Crippen molar-refractivity contribution < 1.29 is 9.53 Å². The predicted molar refractivity (Wildman–Crippen MR) is 85.0 cm³/mol. The number of hydrogen-bond donors (Lipinski definition) is 2. The molecule has 1 atom stereocenters. The van der Waals surface area contributed by atoms with E-state index in [9.17, 15) is 9.59 Å². The van der Waals surface area contributed by atoms with Crippen LogP contribution in [0.4, 0.5) is 0 Å². The maximum Gasteiger partial charge on any atom is 0.251 e. The number of carbonyl (C=O) groups excluding carboxylic acids is 1. The Kier molecular flexibility index (Phi) is 5.60. The minimum atomic E-state index is -0.358. The SMILES string of the molecule is COc1ccc(CNC(=O)[C@@H](C)Sc2nccc(=O)[nH]2)cc1. The van der Waals surface area contributed by atoms with Crippen LogP contribution in [-0.2, 0) is 11.3 Å². The lowest BCUT2D eigenvalue weighted by Crippen LogP contribution is -2.30. The highest BCUT2D eigenvalue weighted by molar-refractivity contribution is 8.00. The summed E-state index contributed by atoms with van der Waals surface area (Å²) in [5, 5.41) is 2.92. The molecule has 0 radical (unpaired) electrons. The number of nitrogens with one attached hydrogen (secondary N) is 2. The lowest BCUT2D eigenvalue weighted by Gasteiger charge is -2.11. The van der Waals surface area contributed by atoms with Gasteiger partial charge in [-0.15, -0.1) is 0 Å². The summed E-state index contributed by atoms with van der Waals surface area (Å²) in [5.41, 5.74) is 0.751. The second-order valence-corrected chi connectivity index (χ2v) is 5.89. The number of thioether (sulfide) groups is 1. The van der Waals surface area contributed by atoms with E-state index in [-0.39, 0.29) is 16.7 Å². The number of hydrogen-bond acceptors (Lipinski definition) is 5. The first-order chi connectivity index (χ1) is 10.6. The van der Waals surface area contributed by atoms with Crippen LogP contribution in [0.25, 0.3) is 0 Å². The molecule has 2 rings (SSSR count). The van der Waals surface area contributed by atoms with Crippen molar-refractivity contribution in [1.29, 1.82) is 0 Å². The topological polar surface area (TPSA) is 84.1 Å². The smallest absolute Gasteiger partial charge is 0.251 e. The molecule has 2 aromatic rings. The third kappa shape index (κ3) is 4.63. The zero-order valence-corrected chi connectivity index (χ0v) is 13.1. The van der Waals surface area contributed by atoms with Gasteiger partial charge in [0.05, 0.1) is 12.4 Å². The highest BCUT2D eigenvalue weighted by atomic mass is 32.2. The molecule has 1 aromatic carbocycles. The molecule has 2 N–H and O–H groups in total. The summed E-state index contributed by atoms with van der Waals surface area (Å²) in [6, 6.07) is 8.81. The van der Waals surface area contributed by atoms with Crippen molar-refractivity contribution in [1.82, 2.24) is 15.3 Å². The van der Waals surface area contributed by atoms with Crippen molar-refractivity contribution >= 4 is 17.7 Å². The number of carbonyl (C=O) groups is 1. The van der Waals surface area contributed by atoms with Crippen LogP contribution in [0.1, 0.15) is 12.5 Å². The molecule has 1 aromatic heterocycles. The Morgan fingerprint density at radius 1 is 1.36 bits per heavy atom. The van der Waals surface area contributed by atoms with E-state index in [1.807, 2.05) is 24.3 Å². The van der Waals surface area contributed by atoms with Crippen molar-refractivity contribution in [3.8, 4) is 5.75 Å². The first-order valence-electron chi connectivity index (χ1n) is 6.71. The molecule has 0 bridgehead atoms. The molecule has 0 saturated carbocycles. The monoisotopic (exact) mass is 319 g/mol. The van der Waals surface area contributed by atoms with Crippen LogP contribution < -0.4 is 15.6 Å². The lowest BCUT2D eigenvalue weighted by molar-refractivity contribution is -0.120. The minimum absolute atomic E-state index is 0.118. The van der Waals surface area contributed by atoms with Crippen molar-refractivity contribution in [2.24, 2.45) is 0 Å². The van der Waals surface area contributed by atoms with Crippen molar-refractivity contribution in [3.63, 3.8) is 0 Å². The third-order valence-corrected chi connectivity index (χ3v) is 3.93. The quantitative estimate of drug-likeness (QED) is 0.624. The van der Waals surface area contributed by atoms with Gasteiger partial charge in [-0.3, -0.25) is 9.59 Å². The summed E-state index contributed by atoms with van der Waals surface area (Å²) in [6.45, 7) is 2.20. The Morgan fingerprint density at radius 2 is 2.09 bits per heavy atom. The molecular weight excluding hydrogens is 302 g/mol. The van der Waals surface area contributed by atoms with Gasteiger partial charge in [0.25, 0.3) is 5.56 Å². The van der Waals surface area contributed by atoms with Crippen molar-refractivity contribution in [2.45, 2.75) is 23.9 Å². The Labute approximate surface area is 132 Å². The van der Waals surface area contributed by atoms with E-state index in [0.717, 1.165) is 11.3 Å². The molecule has 0 saturated heterocycles. The lowest BCUT2D eigenvalue weighted by atomic mass is 10.2. The first-order valence-corrected chi connectivity index (χ1v) is 7.59. The fraction of sp³-hybridized carbons (Fsp3) is 0.267. The van der Waals surface area contributed by atoms with Crippen molar-refractivity contribution in [2.75, 3.05) is 7.11 Å². The Balaban J connectivity index is 1.86. The van der Waals surface area contributed by atoms with Crippen LogP contribution in [0.3, 0.4) is 0 Å². The summed E-state index contributed by atoms with van der Waals surface area (Å²) >= 11 is 1.21. The molecule has 0 fully saturated rings. The number of benzene rings is 1. The maximum absolute atomic E-state index is 12.1. The molecule has 0 aliphatic rings. The van der Waals surface area contributed by atoms with E-state index in [2.05, 4.69) is 15.3 Å². The summed E-state index contributed by atoms with van der Waals surface area (Å²) in [4.78, 5) is 29.8. The molecule has 1 amide bonds. The average molecular weight is 319 g/mol. The Hall–Kier alpha value is -2.28. The molecule has 0 aliphatic heterocycles. The fourth-order valence-electron chi connectivity index (χ4n) is 1.71. The van der Waals surface area contributed by atoms with E-state index in [4.69, 9.17) is 4.74 Å². The van der Waals surface area contributed by atoms with Gasteiger partial charge >= 0.3 is 0 Å². The van der Waals surface area contributed by atoms with Gasteiger partial charge in [0.15, 0.2) is 5.16 Å². The summed E-state index contributed by atoms with van der Waals surface area (Å²) < 4.78 is 5.08. The molecule has 6 nitrogen and oxygen atoms in total. The van der Waals surface area contributed by atoms with Crippen LogP contribution in [0.5, 0.6) is 5.75 Å². The second-order valence-electron chi connectivity index (χ2n) is 4.57. The summed E-state index contributed by atoms with van der Waals surface area (Å²) in [5.74, 6) is 0.658. The van der Waals surface area contributed by atoms with Gasteiger partial charge in [0.2, 0.25) is 5.91 Å². The molecule has 0 aliphatic carbocycles. The number of nitrogens with zero attached hydrogens (tertiary/aromatic N) is 1. The molecular formula is C15H17N3O3S. The summed E-state index contributed by atoms with van der Waals surface area (Å²) in [7, 11) is 1.61. The number of aromatic amines is 1. The first kappa shape index (κ1) is 16.1. The Morgan fingerprint density at radius 3 is 2.73 bits per heavy atom. The van der Waals surface area contributed by atoms with Gasteiger partial charge in [-0.25, -0.2) is 4.98 Å². The number of aromatic nitrogens is 2. The standard InChI is InChI=1S/C15H17N3O3S/c1-10(22-15-16-8-7-13(19)18-15)14(20)17-9-11-3-5-12(21-2)6-4-11/h3-8,10H,9H2,1-2H3,(H,17,20)(H,16,18,19)/t10-/m1/s1. The van der Waals surface area contributed by atoms with Gasteiger partial charge in [-0.1, -0.05) is 23.9 Å². The number of amides is 1. The molecule has 22 heavy (non-hydrogen) atoms. The van der Waals surface area contributed by atoms with Gasteiger partial charge in [0.1, 0.15) is 5.75 Å². The molecule has 116 valence electrons. The minimum Gasteiger partial charge on any atom is -0.497 e. The van der Waals surface area contributed by atoms with Gasteiger partial charge in [-0.2, -0.15) is 0 Å². The predicted octanol–water partition coefficient (Wildman–Crippen LogP) is 1.58. The zero-order valence-electron chi connectivity index (χ0n) is 12.3. The normalized spacial score (nSPS) is 11.7. The third-order valence-electron chi connectivity index (χ3n) is 2.93. The van der Waals surface area contributed by atoms with Crippen LogP contribution >= 0.6 is 11.8 Å². The highest BCUT2D eigenvalue weighted by Crippen LogP contribution is 2.18. The van der Waals surface area contributed by atoms with Crippen LogP contribution in [-0.4, -0.2) is 28.2 Å². The van der Waals surface area contributed by atoms with Crippen LogP contribution in [0.2, 0.25) is 0 Å². The molecule has 1 heterocycles. The van der Waals surface area contributed by atoms with Gasteiger partial charge in [0, 0.05) is 18.8 Å². The van der Waals surface area contributed by atoms with Crippen LogP contribution in [0.15, 0.2) is 46.5 Å². The van der Waals surface area contributed by atoms with Crippen molar-refractivity contribution in [3.05, 3.63) is 52.4 Å². The Bertz CT molecular complexity index is 685. The largest absolute Gasteiger partial charge is 0.497 e. The van der Waals surface area contributed by atoms with E-state index in [0.29, 0.717) is 11.7 Å². The number of rotatable bonds is 6. The van der Waals surface area contributed by atoms with Gasteiger partial charge in [-0.05, 0) is 24.6 Å². The second kappa shape index (κ2) is 7.65. The maximum atomic E-state index is 12.1. The van der Waals surface area contributed by atoms with Crippen LogP contribution in [0, 0.1) is 0 Å². The zero-order chi connectivity index (χ0) is 15.9. The van der Waals surface area contributed by atoms with E-state index in [1.165, 1.54) is 24.0 Å². The molecule has 0 spiro atoms. The van der Waals surface area contributed by atoms with E-state index >= 15 is 0 Å². The van der Waals surface area contributed by atoms with E-state index < -0.39 is 0 Å². The number of ether oxygens (including phenoxy) is 1. The van der Waals surface area contributed by atoms with Gasteiger partial charge < -0.3 is 15.0 Å². The summed E-state index contributed by atoms with van der Waals surface area (Å²) in [6.07, 6.45) is 1.42. The molecule has 7 heteroatoms. The average Bonchev–Trinajstić information content (AvgIpc) is 2.53. The fourth-order valence-corrected chi connectivity index (χ4v) is 2.52. The highest BCUT2D eigenvalue weighted by Gasteiger charge is 2.15. The van der Waals surface area contributed by atoms with E-state index in [1.54, 1.807) is 14.0 Å².